The molecule has 4 nitrogen and oxygen atoms in total. The highest BCUT2D eigenvalue weighted by molar-refractivity contribution is 5.09. The second kappa shape index (κ2) is 9.65. The summed E-state index contributed by atoms with van der Waals surface area (Å²) in [4.78, 5) is 0. The minimum atomic E-state index is 0.443. The van der Waals surface area contributed by atoms with Crippen LogP contribution in [0.25, 0.3) is 0 Å². The Kier molecular flexibility index (Phi) is 8.23. The SMILES string of the molecule is CC(C)Cc1cc(C(C)C)no1.CC(C)Cc1cc(C(C)C)on1. The molecule has 0 spiro atoms. The molecule has 136 valence electrons. The second-order valence-electron chi connectivity index (χ2n) is 7.94. The zero-order valence-corrected chi connectivity index (χ0v) is 16.6. The van der Waals surface area contributed by atoms with Crippen LogP contribution in [0, 0.1) is 11.8 Å². The van der Waals surface area contributed by atoms with Gasteiger partial charge in [0.1, 0.15) is 11.5 Å². The van der Waals surface area contributed by atoms with Gasteiger partial charge in [0, 0.05) is 24.5 Å². The summed E-state index contributed by atoms with van der Waals surface area (Å²) < 4.78 is 10.4. The average Bonchev–Trinajstić information content (AvgIpc) is 3.07. The van der Waals surface area contributed by atoms with E-state index >= 15 is 0 Å². The van der Waals surface area contributed by atoms with E-state index in [1.807, 2.05) is 0 Å². The van der Waals surface area contributed by atoms with Crippen LogP contribution < -0.4 is 0 Å². The van der Waals surface area contributed by atoms with Gasteiger partial charge in [-0.25, -0.2) is 0 Å². The van der Waals surface area contributed by atoms with Crippen LogP contribution in [0.2, 0.25) is 0 Å². The van der Waals surface area contributed by atoms with Crippen LogP contribution in [0.1, 0.15) is 90.1 Å². The second-order valence-corrected chi connectivity index (χ2v) is 7.94. The van der Waals surface area contributed by atoms with Gasteiger partial charge < -0.3 is 9.05 Å². The zero-order chi connectivity index (χ0) is 18.3. The summed E-state index contributed by atoms with van der Waals surface area (Å²) in [5, 5.41) is 8.00. The van der Waals surface area contributed by atoms with Crippen molar-refractivity contribution in [1.82, 2.24) is 10.3 Å². The summed E-state index contributed by atoms with van der Waals surface area (Å²) in [7, 11) is 0. The summed E-state index contributed by atoms with van der Waals surface area (Å²) in [5.74, 6) is 4.19. The van der Waals surface area contributed by atoms with Crippen LogP contribution in [-0.4, -0.2) is 10.3 Å². The lowest BCUT2D eigenvalue weighted by Crippen LogP contribution is -1.93. The minimum absolute atomic E-state index is 0.443. The highest BCUT2D eigenvalue weighted by Gasteiger charge is 2.09. The molecule has 0 saturated heterocycles. The van der Waals surface area contributed by atoms with Gasteiger partial charge >= 0.3 is 0 Å². The van der Waals surface area contributed by atoms with Crippen molar-refractivity contribution in [2.45, 2.75) is 80.1 Å². The summed E-state index contributed by atoms with van der Waals surface area (Å²) in [6.07, 6.45) is 2.00. The third-order valence-electron chi connectivity index (χ3n) is 3.54. The molecular weight excluding hydrogens is 300 g/mol. The molecule has 0 radical (unpaired) electrons. The van der Waals surface area contributed by atoms with Crippen molar-refractivity contribution >= 4 is 0 Å². The van der Waals surface area contributed by atoms with E-state index in [1.165, 1.54) is 0 Å². The number of hydrogen-bond donors (Lipinski definition) is 0. The maximum Gasteiger partial charge on any atom is 0.139 e. The highest BCUT2D eigenvalue weighted by Crippen LogP contribution is 2.17. The van der Waals surface area contributed by atoms with Gasteiger partial charge in [-0.05, 0) is 24.2 Å². The van der Waals surface area contributed by atoms with Crippen molar-refractivity contribution in [3.8, 4) is 0 Å². The third-order valence-corrected chi connectivity index (χ3v) is 3.54. The normalized spacial score (nSPS) is 11.5. The minimum Gasteiger partial charge on any atom is -0.361 e. The van der Waals surface area contributed by atoms with Gasteiger partial charge in [0.25, 0.3) is 0 Å². The van der Waals surface area contributed by atoms with Gasteiger partial charge in [0.15, 0.2) is 0 Å². The Hall–Kier alpha value is -1.58. The summed E-state index contributed by atoms with van der Waals surface area (Å²) in [6, 6.07) is 4.12. The van der Waals surface area contributed by atoms with Gasteiger partial charge in [-0.2, -0.15) is 0 Å². The molecule has 0 bridgehead atoms. The van der Waals surface area contributed by atoms with Crippen LogP contribution in [0.5, 0.6) is 0 Å². The first-order valence-electron chi connectivity index (χ1n) is 9.10. The molecule has 0 aromatic carbocycles. The molecule has 4 heteroatoms. The van der Waals surface area contributed by atoms with Crippen molar-refractivity contribution in [1.29, 1.82) is 0 Å². The first-order valence-corrected chi connectivity index (χ1v) is 9.10. The van der Waals surface area contributed by atoms with E-state index in [4.69, 9.17) is 9.05 Å². The number of rotatable bonds is 6. The standard InChI is InChI=1S/2C10H17NO/c1-7(2)5-9-6-10(8(3)4)11-12-9;1-7(2)5-9-6-10(8(3)4)12-11-9/h2*6-8H,5H2,1-4H3. The van der Waals surface area contributed by atoms with Crippen LogP contribution in [0.15, 0.2) is 21.2 Å². The van der Waals surface area contributed by atoms with E-state index in [2.05, 4.69) is 77.8 Å². The van der Waals surface area contributed by atoms with Crippen LogP contribution in [0.4, 0.5) is 0 Å². The van der Waals surface area contributed by atoms with Crippen molar-refractivity contribution in [2.24, 2.45) is 11.8 Å². The predicted octanol–water partition coefficient (Wildman–Crippen LogP) is 5.99. The van der Waals surface area contributed by atoms with Gasteiger partial charge in [0.05, 0.1) is 11.4 Å². The summed E-state index contributed by atoms with van der Waals surface area (Å²) in [5.41, 5.74) is 2.14. The van der Waals surface area contributed by atoms with Crippen molar-refractivity contribution in [3.63, 3.8) is 0 Å². The fraction of sp³-hybridized carbons (Fsp3) is 0.700. The first-order chi connectivity index (χ1) is 11.2. The van der Waals surface area contributed by atoms with Crippen LogP contribution >= 0.6 is 0 Å². The fourth-order valence-electron chi connectivity index (χ4n) is 2.21. The van der Waals surface area contributed by atoms with E-state index in [0.29, 0.717) is 23.7 Å². The molecule has 0 N–H and O–H groups in total. The zero-order valence-electron chi connectivity index (χ0n) is 16.6. The molecule has 0 atom stereocenters. The maximum atomic E-state index is 5.19. The maximum absolute atomic E-state index is 5.19. The number of nitrogens with zero attached hydrogens (tertiary/aromatic N) is 2. The van der Waals surface area contributed by atoms with Crippen molar-refractivity contribution in [2.75, 3.05) is 0 Å². The summed E-state index contributed by atoms with van der Waals surface area (Å²) >= 11 is 0. The lowest BCUT2D eigenvalue weighted by atomic mass is 10.1. The molecule has 0 amide bonds. The Morgan fingerprint density at radius 1 is 0.750 bits per heavy atom. The fourth-order valence-corrected chi connectivity index (χ4v) is 2.21. The Labute approximate surface area is 147 Å². The van der Waals surface area contributed by atoms with Crippen LogP contribution in [-0.2, 0) is 12.8 Å². The molecule has 0 aliphatic carbocycles. The molecule has 0 aliphatic heterocycles. The monoisotopic (exact) mass is 334 g/mol. The lowest BCUT2D eigenvalue weighted by molar-refractivity contribution is 0.362. The average molecular weight is 335 g/mol. The van der Waals surface area contributed by atoms with Crippen molar-refractivity contribution in [3.05, 3.63) is 35.0 Å². The van der Waals surface area contributed by atoms with E-state index in [-0.39, 0.29) is 0 Å². The van der Waals surface area contributed by atoms with Crippen LogP contribution in [0.3, 0.4) is 0 Å². The Morgan fingerprint density at radius 2 is 1.38 bits per heavy atom. The molecule has 24 heavy (non-hydrogen) atoms. The lowest BCUT2D eigenvalue weighted by Gasteiger charge is -1.97. The molecule has 2 heterocycles. The largest absolute Gasteiger partial charge is 0.361 e. The van der Waals surface area contributed by atoms with Gasteiger partial charge in [0.2, 0.25) is 0 Å². The number of hydrogen-bond acceptors (Lipinski definition) is 4. The molecular formula is C20H34N2O2. The third kappa shape index (κ3) is 7.33. The van der Waals surface area contributed by atoms with E-state index in [0.717, 1.165) is 35.7 Å². The Balaban J connectivity index is 0.000000240. The number of aromatic nitrogens is 2. The Morgan fingerprint density at radius 3 is 1.79 bits per heavy atom. The topological polar surface area (TPSA) is 52.1 Å². The van der Waals surface area contributed by atoms with Gasteiger partial charge in [-0.1, -0.05) is 65.7 Å². The molecule has 0 saturated carbocycles. The first kappa shape index (κ1) is 20.5. The van der Waals surface area contributed by atoms with E-state index in [1.54, 1.807) is 0 Å². The van der Waals surface area contributed by atoms with Gasteiger partial charge in [-0.15, -0.1) is 0 Å². The van der Waals surface area contributed by atoms with E-state index < -0.39 is 0 Å². The van der Waals surface area contributed by atoms with Crippen molar-refractivity contribution < 1.29 is 9.05 Å². The molecule has 2 rings (SSSR count). The Bertz CT molecular complexity index is 528. The summed E-state index contributed by atoms with van der Waals surface area (Å²) in [6.45, 7) is 17.2. The molecule has 2 aromatic rings. The highest BCUT2D eigenvalue weighted by atomic mass is 16.5. The van der Waals surface area contributed by atoms with E-state index in [9.17, 15) is 0 Å². The predicted molar refractivity (Wildman–Crippen MR) is 98.3 cm³/mol. The quantitative estimate of drug-likeness (QED) is 0.650. The molecule has 0 fully saturated rings. The van der Waals surface area contributed by atoms with Gasteiger partial charge in [-0.3, -0.25) is 0 Å². The molecule has 2 aromatic heterocycles. The molecule has 0 unspecified atom stereocenters. The molecule has 0 aliphatic rings. The smallest absolute Gasteiger partial charge is 0.139 e.